The number of piperazine rings is 1. The lowest BCUT2D eigenvalue weighted by Gasteiger charge is -2.36. The summed E-state index contributed by atoms with van der Waals surface area (Å²) in [5.41, 5.74) is 1.60. The maximum Gasteiger partial charge on any atom is 0.233 e. The van der Waals surface area contributed by atoms with Crippen LogP contribution in [0.4, 0.5) is 16.0 Å². The fourth-order valence-corrected chi connectivity index (χ4v) is 5.43. The van der Waals surface area contributed by atoms with Gasteiger partial charge in [0.15, 0.2) is 5.16 Å². The second-order valence-corrected chi connectivity index (χ2v) is 9.55. The molecule has 0 bridgehead atoms. The Hall–Kier alpha value is -3.07. The van der Waals surface area contributed by atoms with Gasteiger partial charge in [0.2, 0.25) is 11.9 Å². The molecule has 2 aliphatic heterocycles. The van der Waals surface area contributed by atoms with Gasteiger partial charge in [-0.1, -0.05) is 42.1 Å². The van der Waals surface area contributed by atoms with Crippen molar-refractivity contribution >= 4 is 29.3 Å². The number of thioether (sulfide) groups is 1. The van der Waals surface area contributed by atoms with Crippen LogP contribution in [0.15, 0.2) is 59.8 Å². The molecule has 2 aromatic carbocycles. The number of nitrogens with zero attached hydrogens (tertiary/aromatic N) is 6. The Kier molecular flexibility index (Phi) is 6.99. The first-order valence-electron chi connectivity index (χ1n) is 11.9. The molecule has 178 valence electrons. The van der Waals surface area contributed by atoms with E-state index >= 15 is 0 Å². The molecule has 2 fully saturated rings. The number of carbonyl (C=O) groups is 1. The van der Waals surface area contributed by atoms with Crippen LogP contribution in [0, 0.1) is 5.82 Å². The number of anilines is 2. The van der Waals surface area contributed by atoms with Crippen LogP contribution in [-0.2, 0) is 4.79 Å². The Labute approximate surface area is 203 Å². The summed E-state index contributed by atoms with van der Waals surface area (Å²) in [6.45, 7) is 4.35. The average molecular weight is 481 g/mol. The second-order valence-electron chi connectivity index (χ2n) is 8.61. The van der Waals surface area contributed by atoms with Crippen LogP contribution in [0.1, 0.15) is 19.3 Å². The van der Waals surface area contributed by atoms with Gasteiger partial charge < -0.3 is 14.7 Å². The molecule has 3 heterocycles. The standard InChI is InChI=1S/C25H29FN6OS/c26-21-11-5-6-12-22(21)29-15-17-30(18-16-29)23(33)19-34-25-28-27-24(31-13-7-2-8-14-31)32(25)20-9-3-1-4-10-20/h1,3-6,9-12H,2,7-8,13-19H2. The van der Waals surface area contributed by atoms with Crippen molar-refractivity contribution in [3.63, 3.8) is 0 Å². The highest BCUT2D eigenvalue weighted by Crippen LogP contribution is 2.28. The smallest absolute Gasteiger partial charge is 0.233 e. The highest BCUT2D eigenvalue weighted by molar-refractivity contribution is 7.99. The van der Waals surface area contributed by atoms with Crippen LogP contribution in [0.5, 0.6) is 0 Å². The van der Waals surface area contributed by atoms with Gasteiger partial charge in [0.25, 0.3) is 0 Å². The number of halogens is 1. The molecule has 9 heteroatoms. The minimum Gasteiger partial charge on any atom is -0.366 e. The van der Waals surface area contributed by atoms with Gasteiger partial charge in [0.05, 0.1) is 17.1 Å². The van der Waals surface area contributed by atoms with Gasteiger partial charge in [0.1, 0.15) is 5.82 Å². The SMILES string of the molecule is O=C(CSc1nnc(N2CCCCC2)n1-c1ccccc1)N1CCN(c2ccccc2F)CC1. The molecule has 2 saturated heterocycles. The summed E-state index contributed by atoms with van der Waals surface area (Å²) in [6.07, 6.45) is 3.55. The Morgan fingerprint density at radius 3 is 2.26 bits per heavy atom. The van der Waals surface area contributed by atoms with Crippen LogP contribution in [0.2, 0.25) is 0 Å². The van der Waals surface area contributed by atoms with Gasteiger partial charge in [-0.3, -0.25) is 9.36 Å². The van der Waals surface area contributed by atoms with Gasteiger partial charge in [-0.15, -0.1) is 10.2 Å². The van der Waals surface area contributed by atoms with Gasteiger partial charge in [-0.2, -0.15) is 0 Å². The monoisotopic (exact) mass is 480 g/mol. The predicted octanol–water partition coefficient (Wildman–Crippen LogP) is 3.84. The Balaban J connectivity index is 1.25. The second kappa shape index (κ2) is 10.5. The zero-order valence-corrected chi connectivity index (χ0v) is 20.0. The van der Waals surface area contributed by atoms with Crippen molar-refractivity contribution in [2.24, 2.45) is 0 Å². The molecule has 34 heavy (non-hydrogen) atoms. The van der Waals surface area contributed by atoms with E-state index in [2.05, 4.69) is 19.7 Å². The summed E-state index contributed by atoms with van der Waals surface area (Å²) >= 11 is 1.43. The lowest BCUT2D eigenvalue weighted by Crippen LogP contribution is -2.49. The minimum absolute atomic E-state index is 0.0697. The van der Waals surface area contributed by atoms with Crippen LogP contribution >= 0.6 is 11.8 Å². The molecular formula is C25H29FN6OS. The van der Waals surface area contributed by atoms with Gasteiger partial charge in [-0.25, -0.2) is 4.39 Å². The van der Waals surface area contributed by atoms with Crippen molar-refractivity contribution in [3.05, 3.63) is 60.4 Å². The third kappa shape index (κ3) is 4.89. The van der Waals surface area contributed by atoms with E-state index < -0.39 is 0 Å². The number of hydrogen-bond acceptors (Lipinski definition) is 6. The van der Waals surface area contributed by atoms with E-state index in [0.717, 1.165) is 42.7 Å². The first kappa shape index (κ1) is 22.7. The molecule has 5 rings (SSSR count). The summed E-state index contributed by atoms with van der Waals surface area (Å²) < 4.78 is 16.2. The third-order valence-corrected chi connectivity index (χ3v) is 7.33. The summed E-state index contributed by atoms with van der Waals surface area (Å²) in [4.78, 5) is 19.1. The minimum atomic E-state index is -0.220. The van der Waals surface area contributed by atoms with E-state index in [4.69, 9.17) is 0 Å². The van der Waals surface area contributed by atoms with Crippen LogP contribution in [0.3, 0.4) is 0 Å². The number of amides is 1. The van der Waals surface area contributed by atoms with Gasteiger partial charge in [0, 0.05) is 39.3 Å². The Morgan fingerprint density at radius 1 is 0.824 bits per heavy atom. The van der Waals surface area contributed by atoms with E-state index in [1.807, 2.05) is 46.2 Å². The molecule has 0 aliphatic carbocycles. The van der Waals surface area contributed by atoms with E-state index in [-0.39, 0.29) is 11.7 Å². The highest BCUT2D eigenvalue weighted by atomic mass is 32.2. The van der Waals surface area contributed by atoms with Crippen molar-refractivity contribution in [3.8, 4) is 5.69 Å². The van der Waals surface area contributed by atoms with Crippen molar-refractivity contribution < 1.29 is 9.18 Å². The summed E-state index contributed by atoms with van der Waals surface area (Å²) in [5.74, 6) is 0.993. The van der Waals surface area contributed by atoms with E-state index in [0.29, 0.717) is 37.6 Å². The number of piperidine rings is 1. The van der Waals surface area contributed by atoms with E-state index in [1.54, 1.807) is 12.1 Å². The number of carbonyl (C=O) groups excluding carboxylic acids is 1. The predicted molar refractivity (Wildman–Crippen MR) is 133 cm³/mol. The fraction of sp³-hybridized carbons (Fsp3) is 0.400. The molecule has 0 radical (unpaired) electrons. The van der Waals surface area contributed by atoms with Crippen molar-refractivity contribution in [1.82, 2.24) is 19.7 Å². The number of aromatic nitrogens is 3. The highest BCUT2D eigenvalue weighted by Gasteiger charge is 2.25. The molecule has 7 nitrogen and oxygen atoms in total. The number of rotatable bonds is 6. The maximum absolute atomic E-state index is 14.1. The largest absolute Gasteiger partial charge is 0.366 e. The number of benzene rings is 2. The first-order valence-corrected chi connectivity index (χ1v) is 12.8. The van der Waals surface area contributed by atoms with Crippen LogP contribution in [-0.4, -0.2) is 70.6 Å². The molecule has 0 spiro atoms. The summed E-state index contributed by atoms with van der Waals surface area (Å²) in [7, 11) is 0. The van der Waals surface area contributed by atoms with E-state index in [1.165, 1.54) is 24.2 Å². The zero-order chi connectivity index (χ0) is 23.3. The molecular weight excluding hydrogens is 451 g/mol. The molecule has 0 unspecified atom stereocenters. The Morgan fingerprint density at radius 2 is 1.53 bits per heavy atom. The maximum atomic E-state index is 14.1. The van der Waals surface area contributed by atoms with Crippen molar-refractivity contribution in [2.75, 3.05) is 54.8 Å². The first-order chi connectivity index (χ1) is 16.7. The molecule has 1 amide bonds. The summed E-state index contributed by atoms with van der Waals surface area (Å²) in [5, 5.41) is 9.70. The van der Waals surface area contributed by atoms with Gasteiger partial charge >= 0.3 is 0 Å². The van der Waals surface area contributed by atoms with Crippen molar-refractivity contribution in [2.45, 2.75) is 24.4 Å². The summed E-state index contributed by atoms with van der Waals surface area (Å²) in [6, 6.07) is 16.9. The molecule has 0 atom stereocenters. The Bertz CT molecular complexity index is 1110. The van der Waals surface area contributed by atoms with E-state index in [9.17, 15) is 9.18 Å². The molecule has 3 aromatic rings. The molecule has 1 aromatic heterocycles. The third-order valence-electron chi connectivity index (χ3n) is 6.42. The average Bonchev–Trinajstić information content (AvgIpc) is 3.33. The topological polar surface area (TPSA) is 57.5 Å². The molecule has 0 N–H and O–H groups in total. The molecule has 2 aliphatic rings. The number of para-hydroxylation sites is 2. The van der Waals surface area contributed by atoms with Crippen LogP contribution < -0.4 is 9.80 Å². The van der Waals surface area contributed by atoms with Crippen molar-refractivity contribution in [1.29, 1.82) is 0 Å². The zero-order valence-electron chi connectivity index (χ0n) is 19.1. The normalized spacial score (nSPS) is 16.7. The lowest BCUT2D eigenvalue weighted by molar-refractivity contribution is -0.128. The quantitative estimate of drug-likeness (QED) is 0.500. The number of hydrogen-bond donors (Lipinski definition) is 0. The van der Waals surface area contributed by atoms with Gasteiger partial charge in [-0.05, 0) is 43.5 Å². The van der Waals surface area contributed by atoms with Crippen LogP contribution in [0.25, 0.3) is 5.69 Å². The molecule has 0 saturated carbocycles. The fourth-order valence-electron chi connectivity index (χ4n) is 4.58. The lowest BCUT2D eigenvalue weighted by atomic mass is 10.1.